The minimum atomic E-state index is -4.61. The first-order chi connectivity index (χ1) is 12.1. The zero-order valence-electron chi connectivity index (χ0n) is 14.4. The van der Waals surface area contributed by atoms with E-state index < -0.39 is 40.9 Å². The van der Waals surface area contributed by atoms with E-state index in [-0.39, 0.29) is 26.1 Å². The number of hydrogen-bond acceptors (Lipinski definition) is 4. The first kappa shape index (κ1) is 20.0. The molecule has 1 aliphatic heterocycles. The third kappa shape index (κ3) is 4.09. The van der Waals surface area contributed by atoms with Crippen molar-refractivity contribution in [3.8, 4) is 5.75 Å². The van der Waals surface area contributed by atoms with E-state index in [9.17, 15) is 27.9 Å². The molecule has 0 aromatic heterocycles. The van der Waals surface area contributed by atoms with Crippen LogP contribution in [0.4, 0.5) is 13.2 Å². The van der Waals surface area contributed by atoms with E-state index in [0.29, 0.717) is 0 Å². The van der Waals surface area contributed by atoms with E-state index in [0.717, 1.165) is 12.1 Å². The van der Waals surface area contributed by atoms with Gasteiger partial charge in [-0.25, -0.2) is 0 Å². The van der Waals surface area contributed by atoms with E-state index in [1.165, 1.54) is 31.1 Å². The van der Waals surface area contributed by atoms with Crippen LogP contribution in [0.3, 0.4) is 0 Å². The highest BCUT2D eigenvalue weighted by atomic mass is 19.4. The number of carboxylic acids is 1. The average molecular weight is 375 g/mol. The van der Waals surface area contributed by atoms with Gasteiger partial charge in [0.25, 0.3) is 5.91 Å². The number of ether oxygens (including phenoxy) is 2. The smallest absolute Gasteiger partial charge is 0.419 e. The summed E-state index contributed by atoms with van der Waals surface area (Å²) in [6.45, 7) is 1.37. The van der Waals surface area contributed by atoms with Crippen LogP contribution < -0.4 is 4.74 Å². The Hall–Kier alpha value is -2.29. The maximum Gasteiger partial charge on any atom is 0.419 e. The number of carboxylic acid groups (broad SMARTS) is 1. The lowest BCUT2D eigenvalue weighted by molar-refractivity contribution is -0.152. The van der Waals surface area contributed by atoms with Gasteiger partial charge in [0.1, 0.15) is 11.2 Å². The van der Waals surface area contributed by atoms with Crippen molar-refractivity contribution in [2.75, 3.05) is 26.8 Å². The molecular formula is C17H20F3NO5. The van der Waals surface area contributed by atoms with Crippen molar-refractivity contribution in [2.45, 2.75) is 25.6 Å². The fraction of sp³-hybridized carbons (Fsp3) is 0.529. The molecule has 2 atom stereocenters. The molecule has 1 aromatic rings. The molecule has 26 heavy (non-hydrogen) atoms. The Morgan fingerprint density at radius 1 is 1.35 bits per heavy atom. The number of amides is 1. The van der Waals surface area contributed by atoms with Crippen LogP contribution >= 0.6 is 0 Å². The van der Waals surface area contributed by atoms with Crippen molar-refractivity contribution in [2.24, 2.45) is 5.41 Å². The number of para-hydroxylation sites is 1. The topological polar surface area (TPSA) is 76.1 Å². The molecule has 1 saturated heterocycles. The standard InChI is InChI=1S/C17H20F3NO5/c1-11(26-13-6-4-3-5-12(13)17(18,19)20)14(22)21-8-7-16(9-21,10-25-2)15(23)24/h3-6,11H,7-10H2,1-2H3,(H,23,24). The summed E-state index contributed by atoms with van der Waals surface area (Å²) < 4.78 is 49.3. The van der Waals surface area contributed by atoms with Gasteiger partial charge in [0.2, 0.25) is 0 Å². The van der Waals surface area contributed by atoms with Crippen molar-refractivity contribution in [3.63, 3.8) is 0 Å². The van der Waals surface area contributed by atoms with E-state index in [1.54, 1.807) is 0 Å². The van der Waals surface area contributed by atoms with Crippen LogP contribution in [0.15, 0.2) is 24.3 Å². The van der Waals surface area contributed by atoms with Gasteiger partial charge in [-0.2, -0.15) is 13.2 Å². The summed E-state index contributed by atoms with van der Waals surface area (Å²) in [4.78, 5) is 25.3. The lowest BCUT2D eigenvalue weighted by Crippen LogP contribution is -2.43. The molecule has 1 amide bonds. The number of alkyl halides is 3. The number of carbonyl (C=O) groups excluding carboxylic acids is 1. The molecule has 0 bridgehead atoms. The predicted molar refractivity (Wildman–Crippen MR) is 84.7 cm³/mol. The normalized spacial score (nSPS) is 21.5. The fourth-order valence-electron chi connectivity index (χ4n) is 2.99. The lowest BCUT2D eigenvalue weighted by Gasteiger charge is -2.26. The van der Waals surface area contributed by atoms with Crippen LogP contribution in [-0.4, -0.2) is 54.8 Å². The molecule has 144 valence electrons. The second-order valence-corrected chi connectivity index (χ2v) is 6.28. The van der Waals surface area contributed by atoms with Crippen molar-refractivity contribution in [1.29, 1.82) is 0 Å². The second kappa shape index (κ2) is 7.53. The first-order valence-corrected chi connectivity index (χ1v) is 7.95. The molecule has 1 aromatic carbocycles. The summed E-state index contributed by atoms with van der Waals surface area (Å²) in [5.74, 6) is -2.09. The third-order valence-electron chi connectivity index (χ3n) is 4.38. The highest BCUT2D eigenvalue weighted by Gasteiger charge is 2.47. The van der Waals surface area contributed by atoms with E-state index >= 15 is 0 Å². The fourth-order valence-corrected chi connectivity index (χ4v) is 2.99. The van der Waals surface area contributed by atoms with Gasteiger partial charge in [-0.05, 0) is 25.5 Å². The summed E-state index contributed by atoms with van der Waals surface area (Å²) >= 11 is 0. The Morgan fingerprint density at radius 2 is 2.00 bits per heavy atom. The van der Waals surface area contributed by atoms with Crippen molar-refractivity contribution >= 4 is 11.9 Å². The minimum Gasteiger partial charge on any atom is -0.481 e. The van der Waals surface area contributed by atoms with Crippen molar-refractivity contribution in [3.05, 3.63) is 29.8 Å². The van der Waals surface area contributed by atoms with Crippen molar-refractivity contribution < 1.29 is 37.3 Å². The summed E-state index contributed by atoms with van der Waals surface area (Å²) in [5, 5.41) is 9.42. The molecule has 1 N–H and O–H groups in total. The summed E-state index contributed by atoms with van der Waals surface area (Å²) in [6, 6.07) is 4.62. The van der Waals surface area contributed by atoms with Crippen molar-refractivity contribution in [1.82, 2.24) is 4.90 Å². The van der Waals surface area contributed by atoms with Crippen LogP contribution in [0.1, 0.15) is 18.9 Å². The van der Waals surface area contributed by atoms with Gasteiger partial charge >= 0.3 is 12.1 Å². The first-order valence-electron chi connectivity index (χ1n) is 7.95. The molecule has 2 unspecified atom stereocenters. The Bertz CT molecular complexity index is 679. The zero-order chi connectivity index (χ0) is 19.5. The number of likely N-dealkylation sites (tertiary alicyclic amines) is 1. The molecule has 0 saturated carbocycles. The summed E-state index contributed by atoms with van der Waals surface area (Å²) in [5.41, 5.74) is -2.19. The molecule has 1 heterocycles. The largest absolute Gasteiger partial charge is 0.481 e. The van der Waals surface area contributed by atoms with Gasteiger partial charge < -0.3 is 19.5 Å². The Kier molecular flexibility index (Phi) is 5.80. The van der Waals surface area contributed by atoms with Crippen LogP contribution in [-0.2, 0) is 20.5 Å². The number of rotatable bonds is 6. The maximum atomic E-state index is 13.0. The molecule has 0 radical (unpaired) electrons. The molecule has 1 fully saturated rings. The van der Waals surface area contributed by atoms with Gasteiger partial charge in [0.15, 0.2) is 6.10 Å². The SMILES string of the molecule is COCC1(C(=O)O)CCN(C(=O)C(C)Oc2ccccc2C(F)(F)F)C1. The third-order valence-corrected chi connectivity index (χ3v) is 4.38. The lowest BCUT2D eigenvalue weighted by atomic mass is 9.88. The Labute approximate surface area is 148 Å². The quantitative estimate of drug-likeness (QED) is 0.827. The molecule has 2 rings (SSSR count). The maximum absolute atomic E-state index is 13.0. The van der Waals surface area contributed by atoms with Gasteiger partial charge in [-0.3, -0.25) is 9.59 Å². The van der Waals surface area contributed by atoms with Crippen LogP contribution in [0.5, 0.6) is 5.75 Å². The summed E-state index contributed by atoms with van der Waals surface area (Å²) in [7, 11) is 1.37. The van der Waals surface area contributed by atoms with Crippen LogP contribution in [0.25, 0.3) is 0 Å². The molecule has 9 heteroatoms. The molecule has 6 nitrogen and oxygen atoms in total. The van der Waals surface area contributed by atoms with Crippen LogP contribution in [0, 0.1) is 5.41 Å². The van der Waals surface area contributed by atoms with Crippen LogP contribution in [0.2, 0.25) is 0 Å². The predicted octanol–water partition coefficient (Wildman–Crippen LogP) is 2.42. The number of methoxy groups -OCH3 is 1. The number of aliphatic carboxylic acids is 1. The molecular weight excluding hydrogens is 355 g/mol. The Balaban J connectivity index is 2.11. The van der Waals surface area contributed by atoms with Gasteiger partial charge in [0.05, 0.1) is 12.2 Å². The highest BCUT2D eigenvalue weighted by molar-refractivity contribution is 5.83. The number of nitrogens with zero attached hydrogens (tertiary/aromatic N) is 1. The molecule has 0 aliphatic carbocycles. The Morgan fingerprint density at radius 3 is 2.58 bits per heavy atom. The zero-order valence-corrected chi connectivity index (χ0v) is 14.4. The van der Waals surface area contributed by atoms with E-state index in [4.69, 9.17) is 9.47 Å². The number of hydrogen-bond donors (Lipinski definition) is 1. The molecule has 1 aliphatic rings. The minimum absolute atomic E-state index is 0.0573. The average Bonchev–Trinajstić information content (AvgIpc) is 2.99. The highest BCUT2D eigenvalue weighted by Crippen LogP contribution is 2.37. The number of halogens is 3. The second-order valence-electron chi connectivity index (χ2n) is 6.28. The van der Waals surface area contributed by atoms with E-state index in [2.05, 4.69) is 0 Å². The van der Waals surface area contributed by atoms with Gasteiger partial charge in [0, 0.05) is 20.2 Å². The monoisotopic (exact) mass is 375 g/mol. The number of benzene rings is 1. The summed E-state index contributed by atoms with van der Waals surface area (Å²) in [6.07, 6.45) is -5.59. The molecule has 0 spiro atoms. The van der Waals surface area contributed by atoms with E-state index in [1.807, 2.05) is 0 Å². The number of carbonyl (C=O) groups is 2. The van der Waals surface area contributed by atoms with Gasteiger partial charge in [-0.15, -0.1) is 0 Å². The van der Waals surface area contributed by atoms with Gasteiger partial charge in [-0.1, -0.05) is 12.1 Å².